The minimum Gasteiger partial charge on any atom is -0.468 e. The lowest BCUT2D eigenvalue weighted by Crippen LogP contribution is -2.39. The van der Waals surface area contributed by atoms with Gasteiger partial charge in [-0.1, -0.05) is 13.3 Å². The average molecular weight is 292 g/mol. The molecule has 0 saturated carbocycles. The van der Waals surface area contributed by atoms with Crippen molar-refractivity contribution in [2.75, 3.05) is 19.6 Å². The van der Waals surface area contributed by atoms with Gasteiger partial charge < -0.3 is 15.5 Å². The summed E-state index contributed by atoms with van der Waals surface area (Å²) < 4.78 is 5.61. The Kier molecular flexibility index (Phi) is 6.11. The lowest BCUT2D eigenvalue weighted by Gasteiger charge is -2.32. The van der Waals surface area contributed by atoms with Crippen LogP contribution in [-0.4, -0.2) is 36.5 Å². The summed E-state index contributed by atoms with van der Waals surface area (Å²) in [4.78, 5) is 6.99. The van der Waals surface area contributed by atoms with Crippen molar-refractivity contribution < 1.29 is 4.42 Å². The highest BCUT2D eigenvalue weighted by Crippen LogP contribution is 2.25. The van der Waals surface area contributed by atoms with Crippen molar-refractivity contribution in [2.24, 2.45) is 10.7 Å². The molecule has 0 radical (unpaired) electrons. The summed E-state index contributed by atoms with van der Waals surface area (Å²) in [5.41, 5.74) is 5.97. The molecule has 1 aliphatic heterocycles. The summed E-state index contributed by atoms with van der Waals surface area (Å²) in [5, 5.41) is 3.21. The lowest BCUT2D eigenvalue weighted by atomic mass is 10.1. The molecule has 1 aromatic rings. The number of furan rings is 1. The highest BCUT2D eigenvalue weighted by atomic mass is 16.3. The van der Waals surface area contributed by atoms with E-state index in [4.69, 9.17) is 10.2 Å². The van der Waals surface area contributed by atoms with E-state index in [0.717, 1.165) is 25.3 Å². The Bertz CT molecular complexity index is 423. The predicted octanol–water partition coefficient (Wildman–Crippen LogP) is 2.51. The topological polar surface area (TPSA) is 66.8 Å². The summed E-state index contributed by atoms with van der Waals surface area (Å²) in [5.74, 6) is 1.51. The van der Waals surface area contributed by atoms with Crippen LogP contribution in [0.1, 0.15) is 51.3 Å². The molecule has 5 heteroatoms. The van der Waals surface area contributed by atoms with E-state index in [1.165, 1.54) is 19.3 Å². The molecule has 3 N–H and O–H groups in total. The van der Waals surface area contributed by atoms with Crippen LogP contribution in [0.5, 0.6) is 0 Å². The molecule has 0 bridgehead atoms. The van der Waals surface area contributed by atoms with Gasteiger partial charge in [-0.3, -0.25) is 9.89 Å². The zero-order valence-electron chi connectivity index (χ0n) is 13.2. The van der Waals surface area contributed by atoms with Gasteiger partial charge in [0.25, 0.3) is 0 Å². The van der Waals surface area contributed by atoms with Gasteiger partial charge in [0.1, 0.15) is 5.76 Å². The molecule has 2 heterocycles. The van der Waals surface area contributed by atoms with Crippen molar-refractivity contribution in [3.8, 4) is 0 Å². The van der Waals surface area contributed by atoms with Gasteiger partial charge in [0.05, 0.1) is 18.8 Å². The van der Waals surface area contributed by atoms with Crippen LogP contribution < -0.4 is 11.1 Å². The molecule has 2 rings (SSSR count). The molecule has 0 amide bonds. The number of nitrogens with zero attached hydrogens (tertiary/aromatic N) is 2. The van der Waals surface area contributed by atoms with Gasteiger partial charge in [-0.15, -0.1) is 0 Å². The molecular formula is C16H28N4O. The molecule has 2 unspecified atom stereocenters. The molecule has 118 valence electrons. The molecule has 1 saturated heterocycles. The number of likely N-dealkylation sites (tertiary alicyclic amines) is 1. The van der Waals surface area contributed by atoms with Crippen LogP contribution in [0, 0.1) is 0 Å². The first kappa shape index (κ1) is 15.9. The fourth-order valence-corrected chi connectivity index (χ4v) is 2.68. The molecule has 0 aromatic carbocycles. The average Bonchev–Trinajstić information content (AvgIpc) is 3.02. The van der Waals surface area contributed by atoms with Gasteiger partial charge in [-0.2, -0.15) is 0 Å². The van der Waals surface area contributed by atoms with Gasteiger partial charge in [0.2, 0.25) is 0 Å². The maximum Gasteiger partial charge on any atom is 0.188 e. The van der Waals surface area contributed by atoms with Gasteiger partial charge in [-0.05, 0) is 51.4 Å². The predicted molar refractivity (Wildman–Crippen MR) is 86.3 cm³/mol. The third-order valence-electron chi connectivity index (χ3n) is 4.14. The minimum absolute atomic E-state index is 0.192. The van der Waals surface area contributed by atoms with Gasteiger partial charge >= 0.3 is 0 Å². The SMILES string of the molecule is CCC(C)NC(N)=NCC(c1ccco1)N1CCCCC1. The van der Waals surface area contributed by atoms with Crippen LogP contribution in [0.4, 0.5) is 0 Å². The van der Waals surface area contributed by atoms with Crippen molar-refractivity contribution >= 4 is 5.96 Å². The van der Waals surface area contributed by atoms with Crippen LogP contribution in [0.2, 0.25) is 0 Å². The van der Waals surface area contributed by atoms with E-state index in [1.54, 1.807) is 6.26 Å². The standard InChI is InChI=1S/C16H28N4O/c1-3-13(2)19-16(17)18-12-14(15-8-7-11-21-15)20-9-5-4-6-10-20/h7-8,11,13-14H,3-6,9-10,12H2,1-2H3,(H3,17,18,19). The molecule has 1 aliphatic rings. The molecule has 21 heavy (non-hydrogen) atoms. The fraction of sp³-hybridized carbons (Fsp3) is 0.688. The molecule has 2 atom stereocenters. The number of hydrogen-bond donors (Lipinski definition) is 2. The van der Waals surface area contributed by atoms with E-state index in [1.807, 2.05) is 12.1 Å². The Labute approximate surface area is 127 Å². The summed E-state index contributed by atoms with van der Waals surface area (Å²) in [6.07, 6.45) is 6.59. The summed E-state index contributed by atoms with van der Waals surface area (Å²) >= 11 is 0. The summed E-state index contributed by atoms with van der Waals surface area (Å²) in [6.45, 7) is 7.10. The normalized spacial score (nSPS) is 20.2. The van der Waals surface area contributed by atoms with E-state index in [2.05, 4.69) is 29.1 Å². The highest BCUT2D eigenvalue weighted by Gasteiger charge is 2.24. The number of aliphatic imine (C=N–C) groups is 1. The number of guanidine groups is 1. The Morgan fingerprint density at radius 1 is 1.43 bits per heavy atom. The molecule has 1 fully saturated rings. The fourth-order valence-electron chi connectivity index (χ4n) is 2.68. The zero-order valence-corrected chi connectivity index (χ0v) is 13.2. The second-order valence-corrected chi connectivity index (χ2v) is 5.81. The first-order chi connectivity index (χ1) is 10.2. The summed E-state index contributed by atoms with van der Waals surface area (Å²) in [7, 11) is 0. The van der Waals surface area contributed by atoms with Crippen LogP contribution in [0.3, 0.4) is 0 Å². The van der Waals surface area contributed by atoms with E-state index in [-0.39, 0.29) is 6.04 Å². The highest BCUT2D eigenvalue weighted by molar-refractivity contribution is 5.78. The van der Waals surface area contributed by atoms with Crippen molar-refractivity contribution in [3.63, 3.8) is 0 Å². The third kappa shape index (κ3) is 4.77. The van der Waals surface area contributed by atoms with Gasteiger partial charge in [-0.25, -0.2) is 0 Å². The monoisotopic (exact) mass is 292 g/mol. The Hall–Kier alpha value is -1.49. The summed E-state index contributed by atoms with van der Waals surface area (Å²) in [6, 6.07) is 4.52. The lowest BCUT2D eigenvalue weighted by molar-refractivity contribution is 0.150. The largest absolute Gasteiger partial charge is 0.468 e. The van der Waals surface area contributed by atoms with Crippen LogP contribution >= 0.6 is 0 Å². The van der Waals surface area contributed by atoms with Gasteiger partial charge in [0.15, 0.2) is 5.96 Å². The Morgan fingerprint density at radius 2 is 2.19 bits per heavy atom. The van der Waals surface area contributed by atoms with Crippen LogP contribution in [-0.2, 0) is 0 Å². The van der Waals surface area contributed by atoms with Crippen molar-refractivity contribution in [2.45, 2.75) is 51.6 Å². The molecular weight excluding hydrogens is 264 g/mol. The van der Waals surface area contributed by atoms with E-state index in [0.29, 0.717) is 18.5 Å². The number of nitrogens with two attached hydrogens (primary N) is 1. The molecule has 0 spiro atoms. The van der Waals surface area contributed by atoms with E-state index >= 15 is 0 Å². The Morgan fingerprint density at radius 3 is 2.81 bits per heavy atom. The second-order valence-electron chi connectivity index (χ2n) is 5.81. The van der Waals surface area contributed by atoms with Crippen LogP contribution in [0.15, 0.2) is 27.8 Å². The number of rotatable bonds is 6. The van der Waals surface area contributed by atoms with Gasteiger partial charge in [0, 0.05) is 6.04 Å². The second kappa shape index (κ2) is 8.08. The van der Waals surface area contributed by atoms with Crippen molar-refractivity contribution in [1.82, 2.24) is 10.2 Å². The molecule has 0 aliphatic carbocycles. The number of nitrogens with one attached hydrogen (secondary N) is 1. The van der Waals surface area contributed by atoms with Crippen molar-refractivity contribution in [3.05, 3.63) is 24.2 Å². The Balaban J connectivity index is 2.00. The maximum absolute atomic E-state index is 5.97. The first-order valence-electron chi connectivity index (χ1n) is 8.04. The van der Waals surface area contributed by atoms with Crippen molar-refractivity contribution in [1.29, 1.82) is 0 Å². The molecule has 5 nitrogen and oxygen atoms in total. The quantitative estimate of drug-likeness (QED) is 0.624. The minimum atomic E-state index is 0.192. The van der Waals surface area contributed by atoms with E-state index < -0.39 is 0 Å². The van der Waals surface area contributed by atoms with Crippen LogP contribution in [0.25, 0.3) is 0 Å². The smallest absolute Gasteiger partial charge is 0.188 e. The zero-order chi connectivity index (χ0) is 15.1. The van der Waals surface area contributed by atoms with E-state index in [9.17, 15) is 0 Å². The first-order valence-corrected chi connectivity index (χ1v) is 8.04. The molecule has 1 aromatic heterocycles. The number of hydrogen-bond acceptors (Lipinski definition) is 3. The third-order valence-corrected chi connectivity index (χ3v) is 4.14. The maximum atomic E-state index is 5.97. The number of piperidine rings is 1.